The van der Waals surface area contributed by atoms with Gasteiger partial charge in [0.05, 0.1) is 0 Å². The first kappa shape index (κ1) is 20.4. The van der Waals surface area contributed by atoms with Crippen LogP contribution in [0.25, 0.3) is 0 Å². The van der Waals surface area contributed by atoms with Crippen molar-refractivity contribution in [3.05, 3.63) is 65.7 Å². The zero-order valence-corrected chi connectivity index (χ0v) is 14.7. The van der Waals surface area contributed by atoms with Gasteiger partial charge in [-0.2, -0.15) is 8.78 Å². The van der Waals surface area contributed by atoms with Crippen LogP contribution in [0.2, 0.25) is 0 Å². The van der Waals surface area contributed by atoms with Crippen molar-refractivity contribution in [3.63, 3.8) is 0 Å². The maximum absolute atomic E-state index is 12.1. The van der Waals surface area contributed by atoms with Gasteiger partial charge in [0.15, 0.2) is 6.61 Å². The third kappa shape index (κ3) is 8.31. The highest BCUT2D eigenvalue weighted by atomic mass is 19.3. The molecule has 0 aliphatic rings. The number of carbonyl (C=O) groups is 2. The molecule has 0 atom stereocenters. The zero-order chi connectivity index (χ0) is 19.5. The summed E-state index contributed by atoms with van der Waals surface area (Å²) in [5.74, 6) is -0.732. The van der Waals surface area contributed by atoms with Gasteiger partial charge in [-0.3, -0.25) is 9.59 Å². The van der Waals surface area contributed by atoms with Crippen molar-refractivity contribution >= 4 is 11.9 Å². The molecule has 0 saturated carbocycles. The number of halogens is 2. The highest BCUT2D eigenvalue weighted by molar-refractivity contribution is 5.80. The zero-order valence-electron chi connectivity index (χ0n) is 14.7. The molecule has 0 saturated heterocycles. The number of esters is 1. The van der Waals surface area contributed by atoms with E-state index in [1.54, 1.807) is 12.1 Å². The number of alkyl halides is 2. The van der Waals surface area contributed by atoms with Gasteiger partial charge >= 0.3 is 12.6 Å². The van der Waals surface area contributed by atoms with E-state index in [-0.39, 0.29) is 24.7 Å². The smallest absolute Gasteiger partial charge is 0.387 e. The molecule has 0 radical (unpaired) electrons. The summed E-state index contributed by atoms with van der Waals surface area (Å²) < 4.78 is 33.3. The molecule has 0 unspecified atom stereocenters. The average Bonchev–Trinajstić information content (AvgIpc) is 2.66. The number of amides is 1. The van der Waals surface area contributed by atoms with Gasteiger partial charge in [-0.15, -0.1) is 0 Å². The summed E-state index contributed by atoms with van der Waals surface area (Å²) in [6, 6.07) is 15.7. The molecule has 2 aromatic carbocycles. The van der Waals surface area contributed by atoms with Crippen LogP contribution in [0, 0.1) is 0 Å². The summed E-state index contributed by atoms with van der Waals surface area (Å²) in [5.41, 5.74) is 1.89. The maximum atomic E-state index is 12.1. The molecule has 5 nitrogen and oxygen atoms in total. The number of ether oxygens (including phenoxy) is 2. The van der Waals surface area contributed by atoms with Crippen LogP contribution in [-0.4, -0.2) is 31.6 Å². The van der Waals surface area contributed by atoms with Crippen molar-refractivity contribution in [2.24, 2.45) is 0 Å². The predicted molar refractivity (Wildman–Crippen MR) is 95.5 cm³/mol. The van der Waals surface area contributed by atoms with Crippen molar-refractivity contribution in [2.75, 3.05) is 13.2 Å². The third-order valence-electron chi connectivity index (χ3n) is 3.71. The Morgan fingerprint density at radius 1 is 0.926 bits per heavy atom. The SMILES string of the molecule is O=C(COC(=O)CCc1ccccc1)NCCc1ccc(OC(F)F)cc1. The molecule has 2 rings (SSSR count). The summed E-state index contributed by atoms with van der Waals surface area (Å²) in [4.78, 5) is 23.4. The Morgan fingerprint density at radius 2 is 1.59 bits per heavy atom. The molecule has 0 aliphatic heterocycles. The van der Waals surface area contributed by atoms with Crippen LogP contribution in [0.15, 0.2) is 54.6 Å². The van der Waals surface area contributed by atoms with Crippen molar-refractivity contribution in [3.8, 4) is 5.75 Å². The van der Waals surface area contributed by atoms with Crippen LogP contribution >= 0.6 is 0 Å². The Morgan fingerprint density at radius 3 is 2.26 bits per heavy atom. The lowest BCUT2D eigenvalue weighted by molar-refractivity contribution is -0.148. The molecule has 0 bridgehead atoms. The van der Waals surface area contributed by atoms with E-state index in [9.17, 15) is 18.4 Å². The predicted octanol–water partition coefficient (Wildman–Crippen LogP) is 3.12. The molecule has 0 fully saturated rings. The fourth-order valence-electron chi connectivity index (χ4n) is 2.34. The second-order valence-electron chi connectivity index (χ2n) is 5.77. The molecule has 7 heteroatoms. The van der Waals surface area contributed by atoms with E-state index in [1.807, 2.05) is 30.3 Å². The number of hydrogen-bond donors (Lipinski definition) is 1. The minimum atomic E-state index is -2.86. The van der Waals surface area contributed by atoms with Crippen molar-refractivity contribution in [1.29, 1.82) is 0 Å². The van der Waals surface area contributed by atoms with Crippen LogP contribution in [0.1, 0.15) is 17.5 Å². The third-order valence-corrected chi connectivity index (χ3v) is 3.71. The molecule has 0 heterocycles. The van der Waals surface area contributed by atoms with E-state index in [2.05, 4.69) is 10.1 Å². The minimum Gasteiger partial charge on any atom is -0.456 e. The quantitative estimate of drug-likeness (QED) is 0.646. The van der Waals surface area contributed by atoms with Crippen LogP contribution in [0.3, 0.4) is 0 Å². The summed E-state index contributed by atoms with van der Waals surface area (Å²) in [6.45, 7) is -2.84. The molecular formula is C20H21F2NO4. The van der Waals surface area contributed by atoms with E-state index in [0.717, 1.165) is 11.1 Å². The lowest BCUT2D eigenvalue weighted by Gasteiger charge is -2.08. The fraction of sp³-hybridized carbons (Fsp3) is 0.300. The molecule has 0 aliphatic carbocycles. The first-order valence-electron chi connectivity index (χ1n) is 8.53. The Bertz CT molecular complexity index is 721. The molecule has 2 aromatic rings. The monoisotopic (exact) mass is 377 g/mol. The van der Waals surface area contributed by atoms with E-state index in [0.29, 0.717) is 19.4 Å². The highest BCUT2D eigenvalue weighted by Crippen LogP contribution is 2.14. The lowest BCUT2D eigenvalue weighted by Crippen LogP contribution is -2.30. The van der Waals surface area contributed by atoms with E-state index in [1.165, 1.54) is 12.1 Å². The highest BCUT2D eigenvalue weighted by Gasteiger charge is 2.08. The minimum absolute atomic E-state index is 0.0835. The molecule has 27 heavy (non-hydrogen) atoms. The van der Waals surface area contributed by atoms with Gasteiger partial charge in [-0.05, 0) is 36.1 Å². The first-order chi connectivity index (χ1) is 13.0. The normalized spacial score (nSPS) is 10.5. The number of benzene rings is 2. The van der Waals surface area contributed by atoms with Gasteiger partial charge < -0.3 is 14.8 Å². The molecule has 0 spiro atoms. The van der Waals surface area contributed by atoms with Crippen molar-refractivity contribution in [1.82, 2.24) is 5.32 Å². The topological polar surface area (TPSA) is 64.6 Å². The van der Waals surface area contributed by atoms with Gasteiger partial charge in [0, 0.05) is 13.0 Å². The summed E-state index contributed by atoms with van der Waals surface area (Å²) in [6.07, 6.45) is 1.29. The van der Waals surface area contributed by atoms with Gasteiger partial charge in [0.1, 0.15) is 5.75 Å². The Kier molecular flexibility index (Phi) is 8.22. The molecule has 0 aromatic heterocycles. The molecule has 144 valence electrons. The van der Waals surface area contributed by atoms with Crippen LogP contribution in [0.5, 0.6) is 5.75 Å². The Hall–Kier alpha value is -2.96. The largest absolute Gasteiger partial charge is 0.456 e. The van der Waals surface area contributed by atoms with Crippen molar-refractivity contribution in [2.45, 2.75) is 25.9 Å². The van der Waals surface area contributed by atoms with Crippen LogP contribution < -0.4 is 10.1 Å². The number of hydrogen-bond acceptors (Lipinski definition) is 4. The van der Waals surface area contributed by atoms with E-state index in [4.69, 9.17) is 4.74 Å². The lowest BCUT2D eigenvalue weighted by atomic mass is 10.1. The van der Waals surface area contributed by atoms with Gasteiger partial charge in [-0.25, -0.2) is 0 Å². The number of rotatable bonds is 10. The van der Waals surface area contributed by atoms with Gasteiger partial charge in [-0.1, -0.05) is 42.5 Å². The number of carbonyl (C=O) groups excluding carboxylic acids is 2. The second kappa shape index (κ2) is 10.9. The molecular weight excluding hydrogens is 356 g/mol. The van der Waals surface area contributed by atoms with E-state index < -0.39 is 12.6 Å². The Labute approximate surface area is 156 Å². The summed E-state index contributed by atoms with van der Waals surface area (Å²) >= 11 is 0. The maximum Gasteiger partial charge on any atom is 0.387 e. The summed E-state index contributed by atoms with van der Waals surface area (Å²) in [7, 11) is 0. The summed E-state index contributed by atoms with van der Waals surface area (Å²) in [5, 5.41) is 2.64. The van der Waals surface area contributed by atoms with Crippen molar-refractivity contribution < 1.29 is 27.8 Å². The van der Waals surface area contributed by atoms with Gasteiger partial charge in [0.2, 0.25) is 0 Å². The van der Waals surface area contributed by atoms with Gasteiger partial charge in [0.25, 0.3) is 5.91 Å². The van der Waals surface area contributed by atoms with Crippen LogP contribution in [-0.2, 0) is 27.2 Å². The second-order valence-corrected chi connectivity index (χ2v) is 5.77. The van der Waals surface area contributed by atoms with Crippen LogP contribution in [0.4, 0.5) is 8.78 Å². The van der Waals surface area contributed by atoms with E-state index >= 15 is 0 Å². The number of aryl methyl sites for hydroxylation is 1. The molecule has 1 N–H and O–H groups in total. The molecule has 1 amide bonds. The standard InChI is InChI=1S/C20H21F2NO4/c21-20(22)27-17-9-6-16(7-10-17)12-13-23-18(24)14-26-19(25)11-8-15-4-2-1-3-5-15/h1-7,9-10,20H,8,11-14H2,(H,23,24). The fourth-order valence-corrected chi connectivity index (χ4v) is 2.34. The average molecular weight is 377 g/mol. The Balaban J connectivity index is 1.59. The first-order valence-corrected chi connectivity index (χ1v) is 8.53. The number of nitrogens with one attached hydrogen (secondary N) is 1.